The van der Waals surface area contributed by atoms with Gasteiger partial charge in [0.05, 0.1) is 25.0 Å². The molecule has 1 aliphatic rings. The monoisotopic (exact) mass is 482 g/mol. The zero-order valence-electron chi connectivity index (χ0n) is 21.2. The lowest BCUT2D eigenvalue weighted by atomic mass is 9.86. The van der Waals surface area contributed by atoms with Crippen LogP contribution in [-0.4, -0.2) is 41.1 Å². The number of hydrogen-bond donors (Lipinski definition) is 0. The van der Waals surface area contributed by atoms with Crippen molar-refractivity contribution in [3.63, 3.8) is 0 Å². The molecule has 1 aromatic carbocycles. The highest BCUT2D eigenvalue weighted by Crippen LogP contribution is 2.44. The number of esters is 1. The standard InChI is InChI=1S/C27H31FN2O5/c1-14-17-9-8-10-34-23(17)20(28)12-18(14)22-19-11-16(13-31)30(6)25(19)29-15(2)21(22)24(26(32)33-7)35-27(3,4)5/h11-13,24H,8-10H2,1-7H3. The molecule has 1 aliphatic heterocycles. The zero-order chi connectivity index (χ0) is 25.7. The highest BCUT2D eigenvalue weighted by molar-refractivity contribution is 6.01. The molecule has 0 spiro atoms. The summed E-state index contributed by atoms with van der Waals surface area (Å²) in [4.78, 5) is 29.6. The van der Waals surface area contributed by atoms with Gasteiger partial charge in [-0.1, -0.05) is 0 Å². The second-order valence-corrected chi connectivity index (χ2v) is 9.89. The van der Waals surface area contributed by atoms with Gasteiger partial charge in [0.15, 0.2) is 24.0 Å². The predicted molar refractivity (Wildman–Crippen MR) is 130 cm³/mol. The van der Waals surface area contributed by atoms with Gasteiger partial charge in [0.2, 0.25) is 0 Å². The lowest BCUT2D eigenvalue weighted by molar-refractivity contribution is -0.164. The Balaban J connectivity index is 2.15. The van der Waals surface area contributed by atoms with E-state index in [0.29, 0.717) is 52.1 Å². The van der Waals surface area contributed by atoms with Crippen LogP contribution >= 0.6 is 0 Å². The van der Waals surface area contributed by atoms with Gasteiger partial charge in [-0.25, -0.2) is 14.2 Å². The van der Waals surface area contributed by atoms with Gasteiger partial charge in [-0.3, -0.25) is 4.79 Å². The summed E-state index contributed by atoms with van der Waals surface area (Å²) in [6.45, 7) is 9.71. The lowest BCUT2D eigenvalue weighted by Crippen LogP contribution is -2.29. The number of aryl methyl sites for hydroxylation is 2. The number of fused-ring (bicyclic) bond motifs is 2. The van der Waals surface area contributed by atoms with Crippen LogP contribution in [0.1, 0.15) is 66.2 Å². The topological polar surface area (TPSA) is 79.7 Å². The van der Waals surface area contributed by atoms with Crippen molar-refractivity contribution < 1.29 is 28.2 Å². The van der Waals surface area contributed by atoms with Gasteiger partial charge in [0.1, 0.15) is 5.65 Å². The van der Waals surface area contributed by atoms with Crippen molar-refractivity contribution in [1.82, 2.24) is 9.55 Å². The molecule has 1 atom stereocenters. The number of hydrogen-bond acceptors (Lipinski definition) is 6. The van der Waals surface area contributed by atoms with Crippen molar-refractivity contribution in [2.75, 3.05) is 13.7 Å². The summed E-state index contributed by atoms with van der Waals surface area (Å²) in [5.74, 6) is -0.777. The molecule has 2 aromatic heterocycles. The van der Waals surface area contributed by atoms with E-state index in [1.54, 1.807) is 24.6 Å². The fraction of sp³-hybridized carbons (Fsp3) is 0.444. The molecule has 0 aliphatic carbocycles. The first-order valence-corrected chi connectivity index (χ1v) is 11.6. The van der Waals surface area contributed by atoms with Crippen LogP contribution < -0.4 is 4.74 Å². The van der Waals surface area contributed by atoms with E-state index in [9.17, 15) is 9.59 Å². The van der Waals surface area contributed by atoms with Crippen molar-refractivity contribution in [3.8, 4) is 16.9 Å². The summed E-state index contributed by atoms with van der Waals surface area (Å²) in [6.07, 6.45) is 1.11. The Hall–Kier alpha value is -3.26. The average molecular weight is 483 g/mol. The first-order chi connectivity index (χ1) is 16.5. The highest BCUT2D eigenvalue weighted by atomic mass is 19.1. The van der Waals surface area contributed by atoms with Gasteiger partial charge in [-0.05, 0) is 70.7 Å². The van der Waals surface area contributed by atoms with Crippen LogP contribution in [0, 0.1) is 19.7 Å². The van der Waals surface area contributed by atoms with Gasteiger partial charge in [-0.2, -0.15) is 0 Å². The fourth-order valence-corrected chi connectivity index (χ4v) is 4.80. The maximum Gasteiger partial charge on any atom is 0.339 e. The van der Waals surface area contributed by atoms with Crippen molar-refractivity contribution in [1.29, 1.82) is 0 Å². The molecule has 3 heterocycles. The number of ether oxygens (including phenoxy) is 3. The molecule has 1 unspecified atom stereocenters. The molecule has 0 saturated carbocycles. The Morgan fingerprint density at radius 3 is 2.63 bits per heavy atom. The number of halogens is 1. The van der Waals surface area contributed by atoms with Crippen molar-refractivity contribution >= 4 is 23.3 Å². The Bertz CT molecular complexity index is 1340. The van der Waals surface area contributed by atoms with Gasteiger partial charge >= 0.3 is 5.97 Å². The van der Waals surface area contributed by atoms with E-state index in [1.807, 2.05) is 27.7 Å². The van der Waals surface area contributed by atoms with Gasteiger partial charge in [-0.15, -0.1) is 0 Å². The number of carbonyl (C=O) groups is 2. The number of aromatic nitrogens is 2. The van der Waals surface area contributed by atoms with E-state index in [0.717, 1.165) is 23.8 Å². The Morgan fingerprint density at radius 1 is 1.29 bits per heavy atom. The number of benzene rings is 1. The average Bonchev–Trinajstić information content (AvgIpc) is 3.13. The molecule has 0 amide bonds. The summed E-state index contributed by atoms with van der Waals surface area (Å²) in [5, 5.41) is 0.626. The second kappa shape index (κ2) is 9.07. The van der Waals surface area contributed by atoms with Crippen LogP contribution in [0.4, 0.5) is 4.39 Å². The molecular formula is C27H31FN2O5. The maximum absolute atomic E-state index is 15.4. The predicted octanol–water partition coefficient (Wildman–Crippen LogP) is 5.16. The van der Waals surface area contributed by atoms with E-state index in [2.05, 4.69) is 0 Å². The molecule has 0 radical (unpaired) electrons. The third-order valence-corrected chi connectivity index (χ3v) is 6.42. The van der Waals surface area contributed by atoms with Crippen LogP contribution in [0.3, 0.4) is 0 Å². The van der Waals surface area contributed by atoms with Crippen LogP contribution in [0.5, 0.6) is 5.75 Å². The third-order valence-electron chi connectivity index (χ3n) is 6.42. The van der Waals surface area contributed by atoms with Crippen molar-refractivity contribution in [2.45, 2.75) is 59.2 Å². The zero-order valence-corrected chi connectivity index (χ0v) is 21.2. The molecule has 0 bridgehead atoms. The van der Waals surface area contributed by atoms with Crippen LogP contribution in [0.25, 0.3) is 22.2 Å². The molecule has 35 heavy (non-hydrogen) atoms. The van der Waals surface area contributed by atoms with Crippen molar-refractivity contribution in [2.24, 2.45) is 7.05 Å². The normalized spacial score (nSPS) is 14.4. The summed E-state index contributed by atoms with van der Waals surface area (Å²) < 4.78 is 34.0. The molecule has 8 heteroatoms. The van der Waals surface area contributed by atoms with E-state index in [-0.39, 0.29) is 5.75 Å². The molecular weight excluding hydrogens is 451 g/mol. The number of rotatable bonds is 5. The van der Waals surface area contributed by atoms with Crippen molar-refractivity contribution in [3.05, 3.63) is 46.0 Å². The molecule has 0 N–H and O–H groups in total. The van der Waals surface area contributed by atoms with Gasteiger partial charge in [0.25, 0.3) is 0 Å². The molecule has 0 fully saturated rings. The lowest BCUT2D eigenvalue weighted by Gasteiger charge is -2.29. The summed E-state index contributed by atoms with van der Waals surface area (Å²) >= 11 is 0. The second-order valence-electron chi connectivity index (χ2n) is 9.89. The Kier molecular flexibility index (Phi) is 6.44. The Labute approximate surface area is 204 Å². The quantitative estimate of drug-likeness (QED) is 0.369. The van der Waals surface area contributed by atoms with Crippen LogP contribution in [-0.2, 0) is 27.7 Å². The molecule has 3 aromatic rings. The number of nitrogens with zero attached hydrogens (tertiary/aromatic N) is 2. The first kappa shape index (κ1) is 24.9. The minimum atomic E-state index is -1.11. The minimum absolute atomic E-state index is 0.276. The number of methoxy groups -OCH3 is 1. The third kappa shape index (κ3) is 4.31. The summed E-state index contributed by atoms with van der Waals surface area (Å²) in [7, 11) is 3.05. The van der Waals surface area contributed by atoms with Crippen LogP contribution in [0.15, 0.2) is 12.1 Å². The summed E-state index contributed by atoms with van der Waals surface area (Å²) in [5.41, 5.74) is 4.15. The highest BCUT2D eigenvalue weighted by Gasteiger charge is 2.35. The fourth-order valence-electron chi connectivity index (χ4n) is 4.80. The van der Waals surface area contributed by atoms with Gasteiger partial charge < -0.3 is 18.8 Å². The van der Waals surface area contributed by atoms with E-state index in [4.69, 9.17) is 19.2 Å². The van der Waals surface area contributed by atoms with Gasteiger partial charge in [0, 0.05) is 34.8 Å². The molecule has 0 saturated heterocycles. The van der Waals surface area contributed by atoms with E-state index >= 15 is 4.39 Å². The SMILES string of the molecule is COC(=O)C(OC(C)(C)C)c1c(C)nc2c(cc(C=O)n2C)c1-c1cc(F)c2c(c1C)CCCO2. The minimum Gasteiger partial charge on any atom is -0.490 e. The maximum atomic E-state index is 15.4. The van der Waals surface area contributed by atoms with Crippen LogP contribution in [0.2, 0.25) is 0 Å². The smallest absolute Gasteiger partial charge is 0.339 e. The number of pyridine rings is 1. The van der Waals surface area contributed by atoms with E-state index < -0.39 is 23.5 Å². The molecule has 4 rings (SSSR count). The van der Waals surface area contributed by atoms with E-state index in [1.165, 1.54) is 13.2 Å². The number of carbonyl (C=O) groups excluding carboxylic acids is 2. The molecule has 7 nitrogen and oxygen atoms in total. The largest absolute Gasteiger partial charge is 0.490 e. The summed E-state index contributed by atoms with van der Waals surface area (Å²) in [6, 6.07) is 3.16. The Morgan fingerprint density at radius 2 is 2.00 bits per heavy atom. The molecule has 186 valence electrons. The first-order valence-electron chi connectivity index (χ1n) is 11.6. The number of aldehydes is 1.